The molecule has 0 heterocycles. The van der Waals surface area contributed by atoms with E-state index in [4.69, 9.17) is 15.2 Å². The normalized spacial score (nSPS) is 10.2. The van der Waals surface area contributed by atoms with E-state index < -0.39 is 0 Å². The van der Waals surface area contributed by atoms with Crippen LogP contribution in [-0.4, -0.2) is 82.3 Å². The molecule has 0 unspecified atom stereocenters. The molecule has 0 spiro atoms. The lowest BCUT2D eigenvalue weighted by molar-refractivity contribution is -0.142. The zero-order valence-electron chi connectivity index (χ0n) is 11.3. The van der Waals surface area contributed by atoms with Gasteiger partial charge in [-0.2, -0.15) is 0 Å². The Morgan fingerprint density at radius 1 is 1.17 bits per heavy atom. The molecule has 0 atom stereocenters. The van der Waals surface area contributed by atoms with Crippen molar-refractivity contribution < 1.29 is 19.1 Å². The van der Waals surface area contributed by atoms with E-state index in [-0.39, 0.29) is 25.0 Å². The molecule has 0 bridgehead atoms. The van der Waals surface area contributed by atoms with Crippen LogP contribution in [0.2, 0.25) is 0 Å². The van der Waals surface area contributed by atoms with E-state index >= 15 is 0 Å². The molecule has 0 radical (unpaired) electrons. The first-order valence-electron chi connectivity index (χ1n) is 5.77. The van der Waals surface area contributed by atoms with Crippen LogP contribution in [0.5, 0.6) is 0 Å². The summed E-state index contributed by atoms with van der Waals surface area (Å²) in [6, 6.07) is 0. The van der Waals surface area contributed by atoms with E-state index in [1.807, 2.05) is 0 Å². The molecule has 18 heavy (non-hydrogen) atoms. The van der Waals surface area contributed by atoms with Gasteiger partial charge in [-0.15, -0.1) is 0 Å². The number of ether oxygens (including phenoxy) is 2. The molecule has 0 aliphatic heterocycles. The second-order valence-electron chi connectivity index (χ2n) is 3.94. The Hall–Kier alpha value is -1.18. The number of nitrogens with two attached hydrogens (primary N) is 1. The summed E-state index contributed by atoms with van der Waals surface area (Å²) in [5.41, 5.74) is 5.26. The van der Waals surface area contributed by atoms with Crippen LogP contribution in [0.25, 0.3) is 0 Å². The summed E-state index contributed by atoms with van der Waals surface area (Å²) in [5.74, 6) is -0.381. The molecule has 2 amide bonds. The maximum atomic E-state index is 11.8. The molecule has 0 aliphatic rings. The van der Waals surface area contributed by atoms with Gasteiger partial charge >= 0.3 is 0 Å². The Labute approximate surface area is 108 Å². The molecule has 0 aliphatic carbocycles. The van der Waals surface area contributed by atoms with Crippen LogP contribution in [0.4, 0.5) is 0 Å². The first-order chi connectivity index (χ1) is 8.52. The molecular formula is C11H23N3O4. The van der Waals surface area contributed by atoms with Gasteiger partial charge in [-0.25, -0.2) is 0 Å². The highest BCUT2D eigenvalue weighted by atomic mass is 16.5. The Kier molecular flexibility index (Phi) is 9.17. The summed E-state index contributed by atoms with van der Waals surface area (Å²) in [6.45, 7) is 1.39. The highest BCUT2D eigenvalue weighted by Gasteiger charge is 2.17. The predicted molar refractivity (Wildman–Crippen MR) is 67.0 cm³/mol. The number of methoxy groups -OCH3 is 1. The zero-order chi connectivity index (χ0) is 14.0. The monoisotopic (exact) mass is 261 g/mol. The fourth-order valence-electron chi connectivity index (χ4n) is 1.13. The van der Waals surface area contributed by atoms with Gasteiger partial charge in [-0.05, 0) is 0 Å². The van der Waals surface area contributed by atoms with Crippen LogP contribution in [0.15, 0.2) is 0 Å². The summed E-state index contributed by atoms with van der Waals surface area (Å²) in [7, 11) is 4.83. The SMILES string of the molecule is COCCN(CC(=O)N(C)C)C(=O)COCCN. The highest BCUT2D eigenvalue weighted by molar-refractivity contribution is 5.85. The van der Waals surface area contributed by atoms with E-state index in [1.54, 1.807) is 21.2 Å². The van der Waals surface area contributed by atoms with Crippen LogP contribution in [-0.2, 0) is 19.1 Å². The molecule has 0 saturated carbocycles. The van der Waals surface area contributed by atoms with E-state index in [0.717, 1.165) is 0 Å². The van der Waals surface area contributed by atoms with Gasteiger partial charge in [0.25, 0.3) is 0 Å². The minimum absolute atomic E-state index is 0.0289. The molecule has 0 aromatic rings. The minimum atomic E-state index is -0.240. The number of carbonyl (C=O) groups is 2. The standard InChI is InChI=1S/C11H23N3O4/c1-13(2)10(15)8-14(5-7-17-3)11(16)9-18-6-4-12/h4-9,12H2,1-3H3. The van der Waals surface area contributed by atoms with Gasteiger partial charge in [-0.1, -0.05) is 0 Å². The molecule has 0 rings (SSSR count). The van der Waals surface area contributed by atoms with Crippen molar-refractivity contribution in [3.63, 3.8) is 0 Å². The van der Waals surface area contributed by atoms with E-state index in [2.05, 4.69) is 0 Å². The summed E-state index contributed by atoms with van der Waals surface area (Å²) < 4.78 is 9.98. The van der Waals surface area contributed by atoms with Crippen molar-refractivity contribution in [2.45, 2.75) is 0 Å². The number of carbonyl (C=O) groups excluding carboxylic acids is 2. The van der Waals surface area contributed by atoms with Crippen molar-refractivity contribution >= 4 is 11.8 Å². The topological polar surface area (TPSA) is 85.1 Å². The number of hydrogen-bond donors (Lipinski definition) is 1. The third-order valence-corrected chi connectivity index (χ3v) is 2.23. The molecule has 7 heteroatoms. The number of likely N-dealkylation sites (N-methyl/N-ethyl adjacent to an activating group) is 1. The van der Waals surface area contributed by atoms with Gasteiger partial charge in [0.2, 0.25) is 11.8 Å². The van der Waals surface area contributed by atoms with Crippen LogP contribution in [0.3, 0.4) is 0 Å². The molecule has 0 aromatic heterocycles. The zero-order valence-corrected chi connectivity index (χ0v) is 11.3. The van der Waals surface area contributed by atoms with Crippen LogP contribution in [0.1, 0.15) is 0 Å². The van der Waals surface area contributed by atoms with Crippen LogP contribution < -0.4 is 5.73 Å². The fraction of sp³-hybridized carbons (Fsp3) is 0.818. The molecule has 106 valence electrons. The fourth-order valence-corrected chi connectivity index (χ4v) is 1.13. The van der Waals surface area contributed by atoms with Crippen molar-refractivity contribution in [3.8, 4) is 0 Å². The second-order valence-corrected chi connectivity index (χ2v) is 3.94. The molecule has 2 N–H and O–H groups in total. The van der Waals surface area contributed by atoms with Crippen molar-refractivity contribution in [1.82, 2.24) is 9.80 Å². The van der Waals surface area contributed by atoms with Gasteiger partial charge in [0, 0.05) is 34.3 Å². The van der Waals surface area contributed by atoms with E-state index in [1.165, 1.54) is 9.80 Å². The Morgan fingerprint density at radius 2 is 1.83 bits per heavy atom. The summed E-state index contributed by atoms with van der Waals surface area (Å²) >= 11 is 0. The lowest BCUT2D eigenvalue weighted by Crippen LogP contribution is -2.43. The Bertz CT molecular complexity index is 259. The average molecular weight is 261 g/mol. The highest BCUT2D eigenvalue weighted by Crippen LogP contribution is 1.94. The Balaban J connectivity index is 4.27. The van der Waals surface area contributed by atoms with Crippen LogP contribution in [0, 0.1) is 0 Å². The van der Waals surface area contributed by atoms with Gasteiger partial charge in [0.1, 0.15) is 6.61 Å². The largest absolute Gasteiger partial charge is 0.383 e. The van der Waals surface area contributed by atoms with Crippen molar-refractivity contribution in [1.29, 1.82) is 0 Å². The summed E-state index contributed by atoms with van der Waals surface area (Å²) in [5, 5.41) is 0. The maximum Gasteiger partial charge on any atom is 0.249 e. The third-order valence-electron chi connectivity index (χ3n) is 2.23. The van der Waals surface area contributed by atoms with E-state index in [0.29, 0.717) is 26.3 Å². The van der Waals surface area contributed by atoms with Gasteiger partial charge in [-0.3, -0.25) is 9.59 Å². The molecular weight excluding hydrogens is 238 g/mol. The summed E-state index contributed by atoms with van der Waals surface area (Å²) in [4.78, 5) is 26.3. The van der Waals surface area contributed by atoms with Crippen molar-refractivity contribution in [2.24, 2.45) is 5.73 Å². The van der Waals surface area contributed by atoms with Crippen LogP contribution >= 0.6 is 0 Å². The number of rotatable bonds is 9. The molecule has 0 aromatic carbocycles. The lowest BCUT2D eigenvalue weighted by atomic mass is 10.4. The lowest BCUT2D eigenvalue weighted by Gasteiger charge is -2.23. The predicted octanol–water partition coefficient (Wildman–Crippen LogP) is -1.48. The first-order valence-corrected chi connectivity index (χ1v) is 5.77. The smallest absolute Gasteiger partial charge is 0.249 e. The molecule has 0 saturated heterocycles. The minimum Gasteiger partial charge on any atom is -0.383 e. The first kappa shape index (κ1) is 16.8. The van der Waals surface area contributed by atoms with Crippen molar-refractivity contribution in [2.75, 3.05) is 60.7 Å². The third kappa shape index (κ3) is 7.21. The number of nitrogens with zero attached hydrogens (tertiary/aromatic N) is 2. The number of hydrogen-bond acceptors (Lipinski definition) is 5. The summed E-state index contributed by atoms with van der Waals surface area (Å²) in [6.07, 6.45) is 0. The average Bonchev–Trinajstić information content (AvgIpc) is 2.34. The second kappa shape index (κ2) is 9.81. The van der Waals surface area contributed by atoms with Gasteiger partial charge in [0.05, 0.1) is 19.8 Å². The maximum absolute atomic E-state index is 11.8. The number of amides is 2. The van der Waals surface area contributed by atoms with Gasteiger partial charge < -0.3 is 25.0 Å². The molecule has 7 nitrogen and oxygen atoms in total. The van der Waals surface area contributed by atoms with Crippen molar-refractivity contribution in [3.05, 3.63) is 0 Å². The molecule has 0 fully saturated rings. The Morgan fingerprint density at radius 3 is 2.33 bits per heavy atom. The quantitative estimate of drug-likeness (QED) is 0.512. The van der Waals surface area contributed by atoms with Gasteiger partial charge in [0.15, 0.2) is 0 Å². The van der Waals surface area contributed by atoms with E-state index in [9.17, 15) is 9.59 Å².